The molecule has 2 amide bonds. The summed E-state index contributed by atoms with van der Waals surface area (Å²) in [7, 11) is 0. The van der Waals surface area contributed by atoms with E-state index < -0.39 is 4.92 Å². The summed E-state index contributed by atoms with van der Waals surface area (Å²) in [5.41, 5.74) is 0.257. The first kappa shape index (κ1) is 18.7. The van der Waals surface area contributed by atoms with Gasteiger partial charge >= 0.3 is 0 Å². The van der Waals surface area contributed by atoms with Gasteiger partial charge in [0.05, 0.1) is 23.0 Å². The van der Waals surface area contributed by atoms with E-state index in [1.807, 2.05) is 0 Å². The largest absolute Gasteiger partial charge is 0.455 e. The number of nitrogens with zero attached hydrogens (tertiary/aromatic N) is 3. The van der Waals surface area contributed by atoms with Crippen molar-refractivity contribution >= 4 is 35.3 Å². The second kappa shape index (κ2) is 6.91. The molecule has 4 aliphatic rings. The summed E-state index contributed by atoms with van der Waals surface area (Å²) in [4.78, 5) is 36.1. The Morgan fingerprint density at radius 2 is 1.77 bits per heavy atom. The molecule has 2 bridgehead atoms. The molecule has 152 valence electrons. The van der Waals surface area contributed by atoms with E-state index in [4.69, 9.17) is 16.0 Å². The van der Waals surface area contributed by atoms with E-state index in [0.717, 1.165) is 17.9 Å². The van der Waals surface area contributed by atoms with E-state index in [1.54, 1.807) is 18.2 Å². The van der Waals surface area contributed by atoms with Crippen molar-refractivity contribution in [3.05, 3.63) is 63.4 Å². The van der Waals surface area contributed by atoms with E-state index in [-0.39, 0.29) is 46.2 Å². The Bertz CT molecular complexity index is 1110. The highest BCUT2D eigenvalue weighted by atomic mass is 35.5. The van der Waals surface area contributed by atoms with E-state index >= 15 is 0 Å². The van der Waals surface area contributed by atoms with Crippen LogP contribution in [0.2, 0.25) is 5.02 Å². The summed E-state index contributed by atoms with van der Waals surface area (Å²) in [6, 6.07) is 7.60. The highest BCUT2D eigenvalue weighted by molar-refractivity contribution is 6.32. The summed E-state index contributed by atoms with van der Waals surface area (Å²) in [5, 5.41) is 16.2. The van der Waals surface area contributed by atoms with Gasteiger partial charge in [0, 0.05) is 11.6 Å². The molecule has 6 rings (SSSR count). The molecular formula is C21H16ClN3O5. The van der Waals surface area contributed by atoms with Gasteiger partial charge in [-0.05, 0) is 48.9 Å². The number of hydrogen-bond acceptors (Lipinski definition) is 6. The summed E-state index contributed by atoms with van der Waals surface area (Å²) >= 11 is 5.84. The predicted molar refractivity (Wildman–Crippen MR) is 108 cm³/mol. The Balaban J connectivity index is 1.37. The number of amides is 2. The molecule has 1 aromatic heterocycles. The molecule has 0 unspecified atom stereocenters. The van der Waals surface area contributed by atoms with Gasteiger partial charge in [-0.25, -0.2) is 0 Å². The number of furan rings is 1. The van der Waals surface area contributed by atoms with Crippen LogP contribution in [-0.4, -0.2) is 28.0 Å². The summed E-state index contributed by atoms with van der Waals surface area (Å²) in [5.74, 6) is -0.258. The number of hydrogen-bond donors (Lipinski definition) is 0. The Hall–Kier alpha value is -3.26. The van der Waals surface area contributed by atoms with Crippen molar-refractivity contribution in [3.63, 3.8) is 0 Å². The highest BCUT2D eigenvalue weighted by Gasteiger charge is 2.56. The molecule has 1 saturated carbocycles. The maximum Gasteiger partial charge on any atom is 0.288 e. The molecule has 0 spiro atoms. The van der Waals surface area contributed by atoms with E-state index in [1.165, 1.54) is 18.3 Å². The van der Waals surface area contributed by atoms with Crippen molar-refractivity contribution in [2.45, 2.75) is 12.8 Å². The number of imide groups is 1. The van der Waals surface area contributed by atoms with Crippen LogP contribution in [0.25, 0.3) is 11.3 Å². The number of carbonyl (C=O) groups is 2. The molecule has 8 nitrogen and oxygen atoms in total. The van der Waals surface area contributed by atoms with Crippen molar-refractivity contribution in [2.24, 2.45) is 28.8 Å². The van der Waals surface area contributed by atoms with Crippen LogP contribution in [0.15, 0.2) is 52.0 Å². The van der Waals surface area contributed by atoms with Crippen LogP contribution >= 0.6 is 11.6 Å². The van der Waals surface area contributed by atoms with Crippen LogP contribution in [0.4, 0.5) is 5.69 Å². The fourth-order valence-corrected chi connectivity index (χ4v) is 4.86. The van der Waals surface area contributed by atoms with Gasteiger partial charge in [0.25, 0.3) is 17.5 Å². The molecule has 1 aromatic carbocycles. The Morgan fingerprint density at radius 3 is 2.37 bits per heavy atom. The van der Waals surface area contributed by atoms with Gasteiger partial charge in [0.2, 0.25) is 0 Å². The summed E-state index contributed by atoms with van der Waals surface area (Å²) in [6.07, 6.45) is 7.27. The fourth-order valence-electron chi connectivity index (χ4n) is 4.67. The monoisotopic (exact) mass is 425 g/mol. The summed E-state index contributed by atoms with van der Waals surface area (Å²) in [6.45, 7) is 0. The lowest BCUT2D eigenvalue weighted by atomic mass is 9.63. The lowest BCUT2D eigenvalue weighted by Gasteiger charge is -2.37. The van der Waals surface area contributed by atoms with Crippen molar-refractivity contribution in [3.8, 4) is 11.3 Å². The average molecular weight is 426 g/mol. The number of fused-ring (bicyclic) bond motifs is 1. The number of hydrazone groups is 1. The first-order valence-electron chi connectivity index (χ1n) is 9.58. The Morgan fingerprint density at radius 1 is 1.10 bits per heavy atom. The zero-order valence-electron chi connectivity index (χ0n) is 15.6. The Labute approximate surface area is 175 Å². The van der Waals surface area contributed by atoms with Crippen LogP contribution in [-0.2, 0) is 9.59 Å². The number of rotatable bonds is 4. The Kier molecular flexibility index (Phi) is 4.32. The van der Waals surface area contributed by atoms with Crippen LogP contribution in [0, 0.1) is 33.8 Å². The molecule has 1 aliphatic heterocycles. The fraction of sp³-hybridized carbons (Fsp3) is 0.286. The molecule has 2 heterocycles. The van der Waals surface area contributed by atoms with Gasteiger partial charge in [-0.3, -0.25) is 19.7 Å². The maximum atomic E-state index is 12.8. The maximum absolute atomic E-state index is 12.8. The SMILES string of the molecule is O=C1[C@H]2[C@H](C(=O)N1/N=C\c1ccc(-c3ccc(Cl)c([N+](=O)[O-])c3)o1)[C@H]1C=C[C@H]2CC1. The molecule has 0 N–H and O–H groups in total. The topological polar surface area (TPSA) is 106 Å². The molecule has 4 atom stereocenters. The highest BCUT2D eigenvalue weighted by Crippen LogP contribution is 2.49. The second-order valence-corrected chi connectivity index (χ2v) is 8.11. The second-order valence-electron chi connectivity index (χ2n) is 7.70. The zero-order chi connectivity index (χ0) is 21.0. The van der Waals surface area contributed by atoms with Crippen LogP contribution in [0.5, 0.6) is 0 Å². The van der Waals surface area contributed by atoms with Gasteiger partial charge in [-0.1, -0.05) is 23.8 Å². The van der Waals surface area contributed by atoms with E-state index in [2.05, 4.69) is 17.3 Å². The van der Waals surface area contributed by atoms with Crippen molar-refractivity contribution in [2.75, 3.05) is 0 Å². The smallest absolute Gasteiger partial charge is 0.288 e. The quantitative estimate of drug-likeness (QED) is 0.241. The van der Waals surface area contributed by atoms with Gasteiger partial charge in [0.1, 0.15) is 16.5 Å². The molecule has 9 heteroatoms. The molecule has 2 fully saturated rings. The number of benzene rings is 1. The third-order valence-corrected chi connectivity index (χ3v) is 6.41. The zero-order valence-corrected chi connectivity index (χ0v) is 16.4. The van der Waals surface area contributed by atoms with Crippen molar-refractivity contribution in [1.29, 1.82) is 0 Å². The van der Waals surface area contributed by atoms with E-state index in [9.17, 15) is 19.7 Å². The minimum absolute atomic E-state index is 0.0353. The first-order chi connectivity index (χ1) is 14.4. The molecule has 0 radical (unpaired) electrons. The first-order valence-corrected chi connectivity index (χ1v) is 9.96. The lowest BCUT2D eigenvalue weighted by molar-refractivity contribution is -0.384. The van der Waals surface area contributed by atoms with Crippen molar-refractivity contribution < 1.29 is 18.9 Å². The lowest BCUT2D eigenvalue weighted by Crippen LogP contribution is -2.38. The minimum Gasteiger partial charge on any atom is -0.455 e. The third-order valence-electron chi connectivity index (χ3n) is 6.09. The molecule has 3 aliphatic carbocycles. The van der Waals surface area contributed by atoms with Gasteiger partial charge in [-0.15, -0.1) is 0 Å². The van der Waals surface area contributed by atoms with Crippen molar-refractivity contribution in [1.82, 2.24) is 5.01 Å². The standard InChI is InChI=1S/C21H16ClN3O5/c22-15-7-5-13(9-16(15)25(28)29)17-8-6-14(30-17)10-23-24-20(26)18-11-1-2-12(4-3-11)19(18)21(24)27/h1-2,5-12,18-19H,3-4H2/b23-10-/t11-,12-,18+,19+/m0/s1. The predicted octanol–water partition coefficient (Wildman–Crippen LogP) is 4.04. The number of halogens is 1. The molecular weight excluding hydrogens is 410 g/mol. The third kappa shape index (κ3) is 2.87. The molecule has 2 aromatic rings. The normalized spacial score (nSPS) is 27.3. The van der Waals surface area contributed by atoms with Gasteiger partial charge in [0.15, 0.2) is 0 Å². The van der Waals surface area contributed by atoms with Gasteiger partial charge < -0.3 is 4.42 Å². The number of nitro groups is 1. The van der Waals surface area contributed by atoms with Crippen LogP contribution < -0.4 is 0 Å². The number of carbonyl (C=O) groups excluding carboxylic acids is 2. The van der Waals surface area contributed by atoms with E-state index in [0.29, 0.717) is 17.1 Å². The minimum atomic E-state index is -0.566. The van der Waals surface area contributed by atoms with Gasteiger partial charge in [-0.2, -0.15) is 10.1 Å². The molecule has 1 saturated heterocycles. The average Bonchev–Trinajstić information content (AvgIpc) is 3.32. The van der Waals surface area contributed by atoms with Crippen LogP contribution in [0.3, 0.4) is 0 Å². The molecule has 30 heavy (non-hydrogen) atoms. The summed E-state index contributed by atoms with van der Waals surface area (Å²) < 4.78 is 5.67. The number of nitro benzene ring substituents is 1. The van der Waals surface area contributed by atoms with Crippen LogP contribution in [0.1, 0.15) is 18.6 Å². The number of allylic oxidation sites excluding steroid dienone is 2.